The molecular weight excluding hydrogens is 364 g/mol. The zero-order valence-electron chi connectivity index (χ0n) is 14.9. The maximum Gasteiger partial charge on any atom is 0.263 e. The number of fused-ring (bicyclic) bond motifs is 1. The molecule has 0 radical (unpaired) electrons. The fourth-order valence-corrected chi connectivity index (χ4v) is 3.86. The smallest absolute Gasteiger partial charge is 0.263 e. The highest BCUT2D eigenvalue weighted by Gasteiger charge is 2.34. The van der Waals surface area contributed by atoms with Crippen molar-refractivity contribution in [1.82, 2.24) is 10.2 Å². The number of halogens is 1. The van der Waals surface area contributed by atoms with Crippen LogP contribution in [-0.4, -0.2) is 41.9 Å². The van der Waals surface area contributed by atoms with Crippen molar-refractivity contribution in [3.8, 4) is 5.75 Å². The van der Waals surface area contributed by atoms with E-state index in [0.29, 0.717) is 30.1 Å². The van der Waals surface area contributed by atoms with Crippen LogP contribution in [0.25, 0.3) is 0 Å². The Morgan fingerprint density at radius 1 is 1.07 bits per heavy atom. The van der Waals surface area contributed by atoms with Crippen molar-refractivity contribution in [2.45, 2.75) is 31.4 Å². The molecule has 0 bridgehead atoms. The van der Waals surface area contributed by atoms with E-state index in [1.807, 2.05) is 35.2 Å². The van der Waals surface area contributed by atoms with Crippen LogP contribution in [0.4, 0.5) is 0 Å². The Morgan fingerprint density at radius 3 is 2.56 bits per heavy atom. The van der Waals surface area contributed by atoms with Gasteiger partial charge < -0.3 is 15.0 Å². The van der Waals surface area contributed by atoms with Crippen LogP contribution in [0.1, 0.15) is 28.8 Å². The van der Waals surface area contributed by atoms with Gasteiger partial charge in [0.2, 0.25) is 0 Å². The minimum Gasteiger partial charge on any atom is -0.480 e. The van der Waals surface area contributed by atoms with Gasteiger partial charge in [-0.2, -0.15) is 0 Å². The van der Waals surface area contributed by atoms with E-state index in [4.69, 9.17) is 16.3 Å². The number of ether oxygens (including phenoxy) is 1. The second-order valence-electron chi connectivity index (χ2n) is 7.00. The van der Waals surface area contributed by atoms with Crippen molar-refractivity contribution in [1.29, 1.82) is 0 Å². The average molecular weight is 385 g/mol. The predicted octanol–water partition coefficient (Wildman–Crippen LogP) is 3.06. The first-order chi connectivity index (χ1) is 13.1. The highest BCUT2D eigenvalue weighted by Crippen LogP contribution is 2.32. The van der Waals surface area contributed by atoms with Crippen LogP contribution in [0.2, 0.25) is 5.02 Å². The summed E-state index contributed by atoms with van der Waals surface area (Å²) in [5.41, 5.74) is 1.64. The summed E-state index contributed by atoms with van der Waals surface area (Å²) >= 11 is 6.02. The molecule has 1 fully saturated rings. The van der Waals surface area contributed by atoms with Crippen molar-refractivity contribution in [2.24, 2.45) is 0 Å². The lowest BCUT2D eigenvalue weighted by Gasteiger charge is -2.33. The maximum atomic E-state index is 12.8. The van der Waals surface area contributed by atoms with Gasteiger partial charge in [-0.25, -0.2) is 0 Å². The first-order valence-corrected chi connectivity index (χ1v) is 9.58. The standard InChI is InChI=1S/C21H21ClN2O3/c22-16-6-7-18-15(12-16)13-19(27-18)21(26)24-10-8-17(9-11-24)23-20(25)14-4-2-1-3-5-14/h1-7,12,17,19H,8-11,13H2,(H,23,25). The molecule has 2 aromatic rings. The number of rotatable bonds is 3. The van der Waals surface area contributed by atoms with Crippen molar-refractivity contribution in [3.05, 3.63) is 64.7 Å². The fourth-order valence-electron chi connectivity index (χ4n) is 3.66. The van der Waals surface area contributed by atoms with E-state index in [9.17, 15) is 9.59 Å². The van der Waals surface area contributed by atoms with Crippen LogP contribution in [0, 0.1) is 0 Å². The summed E-state index contributed by atoms with van der Waals surface area (Å²) in [5.74, 6) is 0.685. The molecule has 6 heteroatoms. The van der Waals surface area contributed by atoms with Gasteiger partial charge in [0.1, 0.15) is 5.75 Å². The molecule has 4 rings (SSSR count). The number of benzene rings is 2. The molecule has 2 aromatic carbocycles. The Morgan fingerprint density at radius 2 is 1.81 bits per heavy atom. The molecule has 2 aliphatic heterocycles. The summed E-state index contributed by atoms with van der Waals surface area (Å²) in [6.07, 6.45) is 1.57. The van der Waals surface area contributed by atoms with Gasteiger partial charge in [-0.15, -0.1) is 0 Å². The molecule has 0 saturated carbocycles. The minimum absolute atomic E-state index is 0.00941. The largest absolute Gasteiger partial charge is 0.480 e. The number of carbonyl (C=O) groups is 2. The third-order valence-electron chi connectivity index (χ3n) is 5.15. The summed E-state index contributed by atoms with van der Waals surface area (Å²) in [7, 11) is 0. The maximum absolute atomic E-state index is 12.8. The molecule has 2 aliphatic rings. The van der Waals surface area contributed by atoms with Gasteiger partial charge >= 0.3 is 0 Å². The SMILES string of the molecule is O=C(NC1CCN(C(=O)C2Cc3cc(Cl)ccc3O2)CC1)c1ccccc1. The number of piperidine rings is 1. The highest BCUT2D eigenvalue weighted by atomic mass is 35.5. The molecule has 1 unspecified atom stereocenters. The summed E-state index contributed by atoms with van der Waals surface area (Å²) in [5, 5.41) is 3.71. The molecule has 0 spiro atoms. The zero-order chi connectivity index (χ0) is 18.8. The van der Waals surface area contributed by atoms with Crippen LogP contribution >= 0.6 is 11.6 Å². The van der Waals surface area contributed by atoms with Crippen molar-refractivity contribution in [2.75, 3.05) is 13.1 Å². The Hall–Kier alpha value is -2.53. The third kappa shape index (κ3) is 3.93. The predicted molar refractivity (Wildman–Crippen MR) is 103 cm³/mol. The first kappa shape index (κ1) is 17.9. The monoisotopic (exact) mass is 384 g/mol. The summed E-state index contributed by atoms with van der Waals surface area (Å²) in [6.45, 7) is 1.24. The van der Waals surface area contributed by atoms with Crippen LogP contribution in [0.15, 0.2) is 48.5 Å². The van der Waals surface area contributed by atoms with E-state index in [0.717, 1.165) is 24.2 Å². The highest BCUT2D eigenvalue weighted by molar-refractivity contribution is 6.30. The third-order valence-corrected chi connectivity index (χ3v) is 5.39. The van der Waals surface area contributed by atoms with Crippen LogP contribution in [0.3, 0.4) is 0 Å². The Kier molecular flexibility index (Phi) is 5.03. The van der Waals surface area contributed by atoms with Gasteiger partial charge in [0.15, 0.2) is 6.10 Å². The number of carbonyl (C=O) groups excluding carboxylic acids is 2. The zero-order valence-corrected chi connectivity index (χ0v) is 15.6. The molecule has 1 saturated heterocycles. The van der Waals surface area contributed by atoms with Gasteiger partial charge in [0, 0.05) is 36.1 Å². The number of nitrogens with zero attached hydrogens (tertiary/aromatic N) is 1. The molecule has 0 aliphatic carbocycles. The fraction of sp³-hybridized carbons (Fsp3) is 0.333. The van der Waals surface area contributed by atoms with Gasteiger partial charge in [0.05, 0.1) is 0 Å². The van der Waals surface area contributed by atoms with E-state index < -0.39 is 6.10 Å². The normalized spacial score (nSPS) is 19.3. The lowest BCUT2D eigenvalue weighted by Crippen LogP contribution is -2.50. The summed E-state index contributed by atoms with van der Waals surface area (Å²) < 4.78 is 5.81. The summed E-state index contributed by atoms with van der Waals surface area (Å²) in [6, 6.07) is 14.7. The van der Waals surface area contributed by atoms with Crippen LogP contribution in [-0.2, 0) is 11.2 Å². The molecule has 2 heterocycles. The topological polar surface area (TPSA) is 58.6 Å². The first-order valence-electron chi connectivity index (χ1n) is 9.20. The van der Waals surface area contributed by atoms with E-state index in [2.05, 4.69) is 5.32 Å². The van der Waals surface area contributed by atoms with Gasteiger partial charge in [0.25, 0.3) is 11.8 Å². The minimum atomic E-state index is -0.478. The molecule has 1 N–H and O–H groups in total. The molecule has 1 atom stereocenters. The number of hydrogen-bond acceptors (Lipinski definition) is 3. The number of likely N-dealkylation sites (tertiary alicyclic amines) is 1. The Balaban J connectivity index is 1.29. The Labute approximate surface area is 163 Å². The van der Waals surface area contributed by atoms with E-state index >= 15 is 0 Å². The lowest BCUT2D eigenvalue weighted by molar-refractivity contribution is -0.139. The molecule has 2 amide bonds. The molecular formula is C21H21ClN2O3. The van der Waals surface area contributed by atoms with Crippen molar-refractivity contribution >= 4 is 23.4 Å². The second kappa shape index (κ2) is 7.61. The number of hydrogen-bond donors (Lipinski definition) is 1. The lowest BCUT2D eigenvalue weighted by atomic mass is 10.0. The Bertz CT molecular complexity index is 848. The van der Waals surface area contributed by atoms with E-state index in [1.54, 1.807) is 18.2 Å². The molecule has 0 aromatic heterocycles. The second-order valence-corrected chi connectivity index (χ2v) is 7.44. The van der Waals surface area contributed by atoms with Crippen LogP contribution in [0.5, 0.6) is 5.75 Å². The van der Waals surface area contributed by atoms with Crippen molar-refractivity contribution < 1.29 is 14.3 Å². The average Bonchev–Trinajstić information content (AvgIpc) is 3.12. The number of nitrogens with one attached hydrogen (secondary N) is 1. The number of amides is 2. The van der Waals surface area contributed by atoms with E-state index in [-0.39, 0.29) is 17.9 Å². The molecule has 5 nitrogen and oxygen atoms in total. The van der Waals surface area contributed by atoms with Gasteiger partial charge in [-0.3, -0.25) is 9.59 Å². The molecule has 140 valence electrons. The van der Waals surface area contributed by atoms with Gasteiger partial charge in [-0.05, 0) is 48.7 Å². The van der Waals surface area contributed by atoms with Crippen molar-refractivity contribution in [3.63, 3.8) is 0 Å². The summed E-state index contributed by atoms with van der Waals surface area (Å²) in [4.78, 5) is 26.9. The quantitative estimate of drug-likeness (QED) is 0.884. The van der Waals surface area contributed by atoms with E-state index in [1.165, 1.54) is 0 Å². The molecule has 27 heavy (non-hydrogen) atoms. The van der Waals surface area contributed by atoms with Crippen LogP contribution < -0.4 is 10.1 Å². The van der Waals surface area contributed by atoms with Gasteiger partial charge in [-0.1, -0.05) is 29.8 Å².